The van der Waals surface area contributed by atoms with Gasteiger partial charge in [-0.1, -0.05) is 25.1 Å². The zero-order chi connectivity index (χ0) is 12.7. The Labute approximate surface area is 101 Å². The fraction of sp³-hybridized carbons (Fsp3) is 0.462. The average Bonchev–Trinajstić information content (AvgIpc) is 2.32. The van der Waals surface area contributed by atoms with Gasteiger partial charge in [0.15, 0.2) is 0 Å². The normalized spacial score (nSPS) is 12.2. The molecule has 0 aliphatic carbocycles. The van der Waals surface area contributed by atoms with Gasteiger partial charge in [0.05, 0.1) is 13.2 Å². The lowest BCUT2D eigenvalue weighted by atomic mass is 10.0. The summed E-state index contributed by atoms with van der Waals surface area (Å²) in [5.41, 5.74) is 0.583. The zero-order valence-corrected chi connectivity index (χ0v) is 10.2. The smallest absolute Gasteiger partial charge is 0.319 e. The third-order valence-electron chi connectivity index (χ3n) is 2.49. The van der Waals surface area contributed by atoms with Gasteiger partial charge < -0.3 is 4.74 Å². The minimum atomic E-state index is -0.317. The van der Waals surface area contributed by atoms with Gasteiger partial charge in [-0.25, -0.2) is 4.39 Å². The Hall–Kier alpha value is -1.42. The summed E-state index contributed by atoms with van der Waals surface area (Å²) in [5, 5.41) is 3.00. The van der Waals surface area contributed by atoms with Crippen LogP contribution >= 0.6 is 0 Å². The second-order valence-corrected chi connectivity index (χ2v) is 3.67. The van der Waals surface area contributed by atoms with Crippen molar-refractivity contribution >= 4 is 5.97 Å². The maximum absolute atomic E-state index is 13.5. The summed E-state index contributed by atoms with van der Waals surface area (Å²) in [6.07, 6.45) is 0.709. The quantitative estimate of drug-likeness (QED) is 0.775. The molecule has 0 bridgehead atoms. The third kappa shape index (κ3) is 4.15. The van der Waals surface area contributed by atoms with Gasteiger partial charge in [0, 0.05) is 11.6 Å². The number of carbonyl (C=O) groups excluding carboxylic acids is 1. The first-order chi connectivity index (χ1) is 8.19. The number of rotatable bonds is 6. The highest BCUT2D eigenvalue weighted by Gasteiger charge is 2.14. The summed E-state index contributed by atoms with van der Waals surface area (Å²) in [6, 6.07) is 6.41. The van der Waals surface area contributed by atoms with Crippen molar-refractivity contribution in [1.82, 2.24) is 5.32 Å². The number of hydrogen-bond acceptors (Lipinski definition) is 3. The Morgan fingerprint density at radius 2 is 2.12 bits per heavy atom. The maximum atomic E-state index is 13.5. The van der Waals surface area contributed by atoms with E-state index in [0.717, 1.165) is 0 Å². The van der Waals surface area contributed by atoms with Crippen LogP contribution in [0.3, 0.4) is 0 Å². The monoisotopic (exact) mass is 239 g/mol. The molecule has 4 heteroatoms. The molecule has 0 aliphatic heterocycles. The summed E-state index contributed by atoms with van der Waals surface area (Å²) in [6.45, 7) is 4.15. The van der Waals surface area contributed by atoms with Crippen LogP contribution in [0.4, 0.5) is 4.39 Å². The van der Waals surface area contributed by atoms with E-state index in [0.29, 0.717) is 18.6 Å². The van der Waals surface area contributed by atoms with E-state index in [1.54, 1.807) is 25.1 Å². The summed E-state index contributed by atoms with van der Waals surface area (Å²) >= 11 is 0. The Kier molecular flexibility index (Phi) is 5.63. The number of halogens is 1. The van der Waals surface area contributed by atoms with Gasteiger partial charge in [-0.3, -0.25) is 10.1 Å². The van der Waals surface area contributed by atoms with Gasteiger partial charge in [-0.15, -0.1) is 0 Å². The third-order valence-corrected chi connectivity index (χ3v) is 2.49. The van der Waals surface area contributed by atoms with Crippen molar-refractivity contribution in [1.29, 1.82) is 0 Å². The number of esters is 1. The van der Waals surface area contributed by atoms with Crippen molar-refractivity contribution in [2.75, 3.05) is 13.2 Å². The molecule has 0 saturated heterocycles. The van der Waals surface area contributed by atoms with Gasteiger partial charge in [-0.05, 0) is 19.4 Å². The van der Waals surface area contributed by atoms with Crippen LogP contribution in [0.15, 0.2) is 24.3 Å². The van der Waals surface area contributed by atoms with Gasteiger partial charge in [0.25, 0.3) is 0 Å². The lowest BCUT2D eigenvalue weighted by molar-refractivity contribution is -0.142. The van der Waals surface area contributed by atoms with Gasteiger partial charge in [0.1, 0.15) is 5.82 Å². The molecule has 17 heavy (non-hydrogen) atoms. The molecule has 0 fully saturated rings. The largest absolute Gasteiger partial charge is 0.465 e. The van der Waals surface area contributed by atoms with Crippen molar-refractivity contribution in [3.63, 3.8) is 0 Å². The van der Waals surface area contributed by atoms with Crippen molar-refractivity contribution in [3.05, 3.63) is 35.6 Å². The molecule has 0 spiro atoms. The van der Waals surface area contributed by atoms with E-state index in [4.69, 9.17) is 4.74 Å². The number of nitrogens with one attached hydrogen (secondary N) is 1. The molecule has 1 unspecified atom stereocenters. The molecule has 1 N–H and O–H groups in total. The van der Waals surface area contributed by atoms with Crippen LogP contribution in [0.25, 0.3) is 0 Å². The topological polar surface area (TPSA) is 38.3 Å². The molecular weight excluding hydrogens is 221 g/mol. The van der Waals surface area contributed by atoms with Crippen molar-refractivity contribution in [3.8, 4) is 0 Å². The van der Waals surface area contributed by atoms with E-state index in [1.165, 1.54) is 6.07 Å². The van der Waals surface area contributed by atoms with Crippen molar-refractivity contribution < 1.29 is 13.9 Å². The minimum Gasteiger partial charge on any atom is -0.465 e. The van der Waals surface area contributed by atoms with Gasteiger partial charge >= 0.3 is 5.97 Å². The summed E-state index contributed by atoms with van der Waals surface area (Å²) in [7, 11) is 0. The average molecular weight is 239 g/mol. The van der Waals surface area contributed by atoms with Crippen LogP contribution in [0.2, 0.25) is 0 Å². The summed E-state index contributed by atoms with van der Waals surface area (Å²) in [4.78, 5) is 11.2. The molecule has 94 valence electrons. The molecule has 0 heterocycles. The number of ether oxygens (including phenoxy) is 1. The molecule has 0 radical (unpaired) electrons. The first kappa shape index (κ1) is 13.6. The SMILES string of the molecule is CCOC(=O)CNC(CC)c1ccccc1F. The van der Waals surface area contributed by atoms with Crippen molar-refractivity contribution in [2.45, 2.75) is 26.3 Å². The highest BCUT2D eigenvalue weighted by atomic mass is 19.1. The lowest BCUT2D eigenvalue weighted by Gasteiger charge is -2.17. The van der Waals surface area contributed by atoms with E-state index in [9.17, 15) is 9.18 Å². The van der Waals surface area contributed by atoms with Crippen LogP contribution in [-0.4, -0.2) is 19.1 Å². The molecule has 0 saturated carbocycles. The first-order valence-electron chi connectivity index (χ1n) is 5.82. The predicted molar refractivity (Wildman–Crippen MR) is 64.1 cm³/mol. The number of carbonyl (C=O) groups is 1. The number of hydrogen-bond donors (Lipinski definition) is 1. The fourth-order valence-electron chi connectivity index (χ4n) is 1.65. The van der Waals surface area contributed by atoms with Crippen LogP contribution in [0, 0.1) is 5.82 Å². The molecule has 0 aromatic heterocycles. The summed E-state index contributed by atoms with van der Waals surface area (Å²) in [5.74, 6) is -0.571. The van der Waals surface area contributed by atoms with Crippen molar-refractivity contribution in [2.24, 2.45) is 0 Å². The van der Waals surface area contributed by atoms with E-state index in [-0.39, 0.29) is 24.4 Å². The minimum absolute atomic E-state index is 0.0979. The fourth-order valence-corrected chi connectivity index (χ4v) is 1.65. The Balaban J connectivity index is 2.60. The number of benzene rings is 1. The van der Waals surface area contributed by atoms with Crippen LogP contribution < -0.4 is 5.32 Å². The van der Waals surface area contributed by atoms with Crippen LogP contribution in [0.1, 0.15) is 31.9 Å². The Morgan fingerprint density at radius 3 is 2.71 bits per heavy atom. The molecule has 0 amide bonds. The van der Waals surface area contributed by atoms with E-state index in [2.05, 4.69) is 5.32 Å². The lowest BCUT2D eigenvalue weighted by Crippen LogP contribution is -2.29. The molecule has 3 nitrogen and oxygen atoms in total. The van der Waals surface area contributed by atoms with E-state index in [1.807, 2.05) is 6.92 Å². The van der Waals surface area contributed by atoms with E-state index >= 15 is 0 Å². The second-order valence-electron chi connectivity index (χ2n) is 3.67. The molecular formula is C13H18FNO2. The predicted octanol–water partition coefficient (Wildman–Crippen LogP) is 2.43. The highest BCUT2D eigenvalue weighted by Crippen LogP contribution is 2.19. The molecule has 1 aromatic rings. The molecule has 0 aliphatic rings. The zero-order valence-electron chi connectivity index (χ0n) is 10.2. The molecule has 1 rings (SSSR count). The Morgan fingerprint density at radius 1 is 1.41 bits per heavy atom. The first-order valence-corrected chi connectivity index (χ1v) is 5.82. The van der Waals surface area contributed by atoms with Gasteiger partial charge in [0.2, 0.25) is 0 Å². The summed E-state index contributed by atoms with van der Waals surface area (Å²) < 4.78 is 18.4. The van der Waals surface area contributed by atoms with Crippen LogP contribution in [-0.2, 0) is 9.53 Å². The maximum Gasteiger partial charge on any atom is 0.319 e. The van der Waals surface area contributed by atoms with E-state index < -0.39 is 0 Å². The second kappa shape index (κ2) is 7.01. The Bertz CT molecular complexity index is 368. The molecule has 1 atom stereocenters. The molecule has 1 aromatic carbocycles. The highest BCUT2D eigenvalue weighted by molar-refractivity contribution is 5.71. The van der Waals surface area contributed by atoms with Crippen LogP contribution in [0.5, 0.6) is 0 Å². The standard InChI is InChI=1S/C13H18FNO2/c1-3-12(15-9-13(16)17-4-2)10-7-5-6-8-11(10)14/h5-8,12,15H,3-4,9H2,1-2H3. The van der Waals surface area contributed by atoms with Gasteiger partial charge in [-0.2, -0.15) is 0 Å².